The molecule has 80 heavy (non-hydrogen) atoms. The van der Waals surface area contributed by atoms with Gasteiger partial charge in [0.15, 0.2) is 12.6 Å². The van der Waals surface area contributed by atoms with Crippen LogP contribution in [0.1, 0.15) is 232 Å². The molecule has 0 aliphatic carbocycles. The van der Waals surface area contributed by atoms with Crippen molar-refractivity contribution in [1.29, 1.82) is 0 Å². The highest BCUT2D eigenvalue weighted by molar-refractivity contribution is 5.76. The summed E-state index contributed by atoms with van der Waals surface area (Å²) in [6.45, 7) is 2.66. The molecule has 0 aromatic carbocycles. The van der Waals surface area contributed by atoms with Crippen molar-refractivity contribution >= 4 is 5.91 Å². The van der Waals surface area contributed by atoms with Crippen molar-refractivity contribution in [2.75, 3.05) is 19.8 Å². The fourth-order valence-electron chi connectivity index (χ4n) is 10.0. The smallest absolute Gasteiger partial charge is 0.220 e. The van der Waals surface area contributed by atoms with Crippen LogP contribution in [0.15, 0.2) is 85.1 Å². The Kier molecular flexibility index (Phi) is 46.4. The van der Waals surface area contributed by atoms with Gasteiger partial charge in [0.25, 0.3) is 0 Å². The fourth-order valence-corrected chi connectivity index (χ4v) is 10.0. The molecule has 2 rings (SSSR count). The Morgan fingerprint density at radius 2 is 0.863 bits per heavy atom. The minimum absolute atomic E-state index is 0.222. The van der Waals surface area contributed by atoms with Crippen molar-refractivity contribution in [1.82, 2.24) is 5.32 Å². The first-order chi connectivity index (χ1) is 39.1. The minimum atomic E-state index is -1.80. The van der Waals surface area contributed by atoms with Crippen LogP contribution in [-0.2, 0) is 23.7 Å². The molecule has 14 heteroatoms. The summed E-state index contributed by atoms with van der Waals surface area (Å²) >= 11 is 0. The summed E-state index contributed by atoms with van der Waals surface area (Å²) in [5.41, 5.74) is 0. The fraction of sp³-hybridized carbons (Fsp3) is 0.773. The van der Waals surface area contributed by atoms with E-state index in [1.54, 1.807) is 6.08 Å². The third kappa shape index (κ3) is 35.3. The van der Waals surface area contributed by atoms with Gasteiger partial charge in [-0.2, -0.15) is 0 Å². The zero-order chi connectivity index (χ0) is 58.1. The Morgan fingerprint density at radius 3 is 1.32 bits per heavy atom. The molecule has 9 N–H and O–H groups in total. The monoisotopic (exact) mass is 1130 g/mol. The van der Waals surface area contributed by atoms with E-state index in [4.69, 9.17) is 18.9 Å². The average molecular weight is 1130 g/mol. The summed E-state index contributed by atoms with van der Waals surface area (Å²) in [4.78, 5) is 13.3. The normalized spacial score (nSPS) is 24.8. The van der Waals surface area contributed by atoms with Crippen LogP contribution in [0.25, 0.3) is 0 Å². The maximum Gasteiger partial charge on any atom is 0.220 e. The molecule has 1 amide bonds. The highest BCUT2D eigenvalue weighted by atomic mass is 16.7. The zero-order valence-corrected chi connectivity index (χ0v) is 49.8. The number of hydrogen-bond acceptors (Lipinski definition) is 13. The second-order valence-electron chi connectivity index (χ2n) is 22.2. The van der Waals surface area contributed by atoms with E-state index in [0.29, 0.717) is 6.42 Å². The number of carbonyl (C=O) groups excluding carboxylic acids is 1. The van der Waals surface area contributed by atoms with E-state index < -0.39 is 86.8 Å². The molecule has 2 saturated heterocycles. The summed E-state index contributed by atoms with van der Waals surface area (Å²) < 4.78 is 22.8. The number of carbonyl (C=O) groups is 1. The number of allylic oxidation sites excluding steroid dienone is 13. The van der Waals surface area contributed by atoms with E-state index >= 15 is 0 Å². The minimum Gasteiger partial charge on any atom is -0.394 e. The first-order valence-corrected chi connectivity index (χ1v) is 31.8. The summed E-state index contributed by atoms with van der Waals surface area (Å²) in [6, 6.07) is -0.944. The van der Waals surface area contributed by atoms with Crippen LogP contribution in [0.3, 0.4) is 0 Å². The standard InChI is InChI=1S/C66H115NO13/c1-3-5-7-9-11-13-15-17-19-21-23-25-26-27-28-30-31-33-35-37-39-41-43-45-47-49-55(70)54(53-77-65-63(76)61(74)64(57(52-69)79-65)80-66-62(75)60(73)59(72)56(51-68)78-66)67-58(71)50-48-46-44-42-40-38-36-34-32-29-24-22-20-18-16-14-12-10-8-6-4-2/h6,8,12,14,18,20,24,29,34,36,40,42,47,49,54-57,59-66,68-70,72-76H,3-5,7,9-11,13,15-17,19,21-23,25-28,30-33,35,37-39,41,43-46,48,50-53H2,1-2H3,(H,67,71)/b8-6-,14-12-,20-18-,29-24-,36-34-,42-40-,49-47+. The number of amides is 1. The highest BCUT2D eigenvalue weighted by Gasteiger charge is 2.51. The molecule has 462 valence electrons. The lowest BCUT2D eigenvalue weighted by Gasteiger charge is -2.46. The van der Waals surface area contributed by atoms with Gasteiger partial charge < -0.3 is 65.1 Å². The lowest BCUT2D eigenvalue weighted by atomic mass is 9.97. The number of ether oxygens (including phenoxy) is 4. The van der Waals surface area contributed by atoms with Crippen LogP contribution in [0.4, 0.5) is 0 Å². The van der Waals surface area contributed by atoms with Gasteiger partial charge in [-0.05, 0) is 70.6 Å². The van der Waals surface area contributed by atoms with Crippen molar-refractivity contribution in [3.8, 4) is 0 Å². The molecule has 12 atom stereocenters. The third-order valence-corrected chi connectivity index (χ3v) is 15.1. The van der Waals surface area contributed by atoms with Crippen LogP contribution in [0.5, 0.6) is 0 Å². The largest absolute Gasteiger partial charge is 0.394 e. The number of hydrogen-bond donors (Lipinski definition) is 9. The summed E-state index contributed by atoms with van der Waals surface area (Å²) in [6.07, 6.45) is 52.0. The van der Waals surface area contributed by atoms with Gasteiger partial charge in [0.1, 0.15) is 48.8 Å². The number of unbranched alkanes of at least 4 members (excludes halogenated alkanes) is 25. The second-order valence-corrected chi connectivity index (χ2v) is 22.2. The quantitative estimate of drug-likeness (QED) is 0.0204. The van der Waals surface area contributed by atoms with Crippen LogP contribution in [0, 0.1) is 0 Å². The molecule has 14 nitrogen and oxygen atoms in total. The molecular formula is C66H115NO13. The van der Waals surface area contributed by atoms with Crippen LogP contribution < -0.4 is 5.32 Å². The Hall–Kier alpha value is -2.83. The third-order valence-electron chi connectivity index (χ3n) is 15.1. The lowest BCUT2D eigenvalue weighted by molar-refractivity contribution is -0.359. The zero-order valence-electron chi connectivity index (χ0n) is 49.8. The molecule has 0 aromatic heterocycles. The van der Waals surface area contributed by atoms with Gasteiger partial charge in [-0.1, -0.05) is 240 Å². The molecule has 2 fully saturated rings. The van der Waals surface area contributed by atoms with Gasteiger partial charge in [0.2, 0.25) is 5.91 Å². The Labute approximate surface area is 484 Å². The maximum absolute atomic E-state index is 13.3. The number of nitrogens with one attached hydrogen (secondary N) is 1. The van der Waals surface area contributed by atoms with E-state index in [-0.39, 0.29) is 18.9 Å². The van der Waals surface area contributed by atoms with Crippen molar-refractivity contribution in [2.24, 2.45) is 0 Å². The van der Waals surface area contributed by atoms with E-state index in [0.717, 1.165) is 70.6 Å². The molecule has 0 aromatic rings. The predicted octanol–water partition coefficient (Wildman–Crippen LogP) is 11.7. The maximum atomic E-state index is 13.3. The van der Waals surface area contributed by atoms with E-state index in [1.807, 2.05) is 6.08 Å². The van der Waals surface area contributed by atoms with Gasteiger partial charge >= 0.3 is 0 Å². The molecule has 0 radical (unpaired) electrons. The topological polar surface area (TPSA) is 228 Å². The van der Waals surface area contributed by atoms with Gasteiger partial charge in [-0.3, -0.25) is 4.79 Å². The summed E-state index contributed by atoms with van der Waals surface area (Å²) in [5, 5.41) is 87.2. The highest BCUT2D eigenvalue weighted by Crippen LogP contribution is 2.30. The summed E-state index contributed by atoms with van der Waals surface area (Å²) in [7, 11) is 0. The van der Waals surface area contributed by atoms with Crippen LogP contribution >= 0.6 is 0 Å². The lowest BCUT2D eigenvalue weighted by Crippen LogP contribution is -2.65. The first kappa shape index (κ1) is 73.3. The van der Waals surface area contributed by atoms with E-state index in [9.17, 15) is 45.6 Å². The second kappa shape index (κ2) is 50.7. The van der Waals surface area contributed by atoms with Gasteiger partial charge in [0.05, 0.1) is 32.0 Å². The molecule has 2 aliphatic heterocycles. The molecule has 0 bridgehead atoms. The van der Waals surface area contributed by atoms with E-state index in [1.165, 1.54) is 135 Å². The van der Waals surface area contributed by atoms with Crippen LogP contribution in [0.2, 0.25) is 0 Å². The number of aliphatic hydroxyl groups is 8. The first-order valence-electron chi connectivity index (χ1n) is 31.8. The molecule has 2 aliphatic rings. The summed E-state index contributed by atoms with van der Waals surface area (Å²) in [5.74, 6) is -0.282. The Bertz CT molecular complexity index is 1660. The number of rotatable bonds is 50. The van der Waals surface area contributed by atoms with Crippen molar-refractivity contribution < 1.29 is 64.6 Å². The van der Waals surface area contributed by atoms with Crippen molar-refractivity contribution in [3.05, 3.63) is 85.1 Å². The Morgan fingerprint density at radius 1 is 0.463 bits per heavy atom. The SMILES string of the molecule is CC/C=C\C/C=C\C/C=C\C/C=C\C/C=C\C/C=C\CCCCC(=O)NC(COC1OC(CO)C(OC2OC(CO)C(O)C(O)C2O)C(O)C1O)C(O)/C=C/CCCCCCCCCCCCCCCCCCCCCCCCC. The Balaban J connectivity index is 1.76. The predicted molar refractivity (Wildman–Crippen MR) is 323 cm³/mol. The molecule has 12 unspecified atom stereocenters. The molecule has 2 heterocycles. The molecule has 0 spiro atoms. The van der Waals surface area contributed by atoms with E-state index in [2.05, 4.69) is 92.1 Å². The van der Waals surface area contributed by atoms with Crippen LogP contribution in [-0.4, -0.2) is 140 Å². The van der Waals surface area contributed by atoms with Crippen molar-refractivity contribution in [2.45, 2.75) is 306 Å². The van der Waals surface area contributed by atoms with Gasteiger partial charge in [0, 0.05) is 6.42 Å². The van der Waals surface area contributed by atoms with Gasteiger partial charge in [-0.25, -0.2) is 0 Å². The average Bonchev–Trinajstić information content (AvgIpc) is 3.46. The van der Waals surface area contributed by atoms with Crippen molar-refractivity contribution in [3.63, 3.8) is 0 Å². The molecule has 0 saturated carbocycles. The number of aliphatic hydroxyl groups excluding tert-OH is 8. The molecular weight excluding hydrogens is 1010 g/mol. The van der Waals surface area contributed by atoms with Gasteiger partial charge in [-0.15, -0.1) is 0 Å².